The van der Waals surface area contributed by atoms with Crippen molar-refractivity contribution in [3.63, 3.8) is 0 Å². The molecule has 0 N–H and O–H groups in total. The Kier molecular flexibility index (Phi) is 7.66. The first-order chi connectivity index (χ1) is 17.2. The van der Waals surface area contributed by atoms with Crippen molar-refractivity contribution in [1.29, 1.82) is 0 Å². The predicted octanol–water partition coefficient (Wildman–Crippen LogP) is 4.25. The van der Waals surface area contributed by atoms with Crippen LogP contribution in [0.1, 0.15) is 44.9 Å². The van der Waals surface area contributed by atoms with E-state index in [1.54, 1.807) is 56.7 Å². The zero-order chi connectivity index (χ0) is 26.0. The predicted molar refractivity (Wildman–Crippen MR) is 141 cm³/mol. The van der Waals surface area contributed by atoms with Gasteiger partial charge < -0.3 is 14.2 Å². The van der Waals surface area contributed by atoms with Crippen molar-refractivity contribution in [2.24, 2.45) is 4.99 Å². The molecule has 2 aromatic carbocycles. The number of thiazole rings is 1. The number of halogens is 1. The van der Waals surface area contributed by atoms with Crippen LogP contribution in [0.4, 0.5) is 0 Å². The number of fused-ring (bicyclic) bond motifs is 1. The van der Waals surface area contributed by atoms with Crippen LogP contribution in [0.2, 0.25) is 5.02 Å². The summed E-state index contributed by atoms with van der Waals surface area (Å²) >= 11 is 7.38. The molecule has 1 aromatic heterocycles. The Morgan fingerprint density at radius 3 is 2.56 bits per heavy atom. The van der Waals surface area contributed by atoms with Crippen molar-refractivity contribution in [2.45, 2.75) is 39.8 Å². The first kappa shape index (κ1) is 25.7. The van der Waals surface area contributed by atoms with Gasteiger partial charge in [-0.05, 0) is 69.2 Å². The summed E-state index contributed by atoms with van der Waals surface area (Å²) < 4.78 is 18.6. The van der Waals surface area contributed by atoms with Gasteiger partial charge in [-0.2, -0.15) is 0 Å². The molecule has 1 aliphatic heterocycles. The number of esters is 1. The van der Waals surface area contributed by atoms with Crippen molar-refractivity contribution in [3.8, 4) is 11.5 Å². The average molecular weight is 527 g/mol. The molecule has 0 aliphatic carbocycles. The van der Waals surface area contributed by atoms with E-state index in [0.717, 1.165) is 11.1 Å². The molecule has 0 radical (unpaired) electrons. The smallest absolute Gasteiger partial charge is 0.338 e. The zero-order valence-electron chi connectivity index (χ0n) is 20.7. The number of allylic oxidation sites excluding steroid dienone is 1. The van der Waals surface area contributed by atoms with E-state index in [-0.39, 0.29) is 11.7 Å². The van der Waals surface area contributed by atoms with Gasteiger partial charge in [0.1, 0.15) is 0 Å². The number of nitrogens with zero attached hydrogens (tertiary/aromatic N) is 2. The first-order valence-electron chi connectivity index (χ1n) is 11.5. The molecular weight excluding hydrogens is 500 g/mol. The minimum Gasteiger partial charge on any atom is -0.493 e. The molecule has 3 aromatic rings. The minimum absolute atomic E-state index is 0.255. The third kappa shape index (κ3) is 5.10. The molecule has 1 atom stereocenters. The van der Waals surface area contributed by atoms with Crippen molar-refractivity contribution in [1.82, 2.24) is 4.57 Å². The number of rotatable bonds is 7. The van der Waals surface area contributed by atoms with Crippen LogP contribution >= 0.6 is 22.9 Å². The van der Waals surface area contributed by atoms with Gasteiger partial charge in [-0.25, -0.2) is 9.79 Å². The second-order valence-corrected chi connectivity index (χ2v) is 9.88. The first-order valence-corrected chi connectivity index (χ1v) is 12.7. The number of aromatic nitrogens is 1. The number of hydrogen-bond acceptors (Lipinski definition) is 7. The average Bonchev–Trinajstić information content (AvgIpc) is 3.13. The maximum Gasteiger partial charge on any atom is 0.338 e. The zero-order valence-corrected chi connectivity index (χ0v) is 22.3. The topological polar surface area (TPSA) is 79.1 Å². The Bertz CT molecular complexity index is 1500. The van der Waals surface area contributed by atoms with Gasteiger partial charge in [0.2, 0.25) is 0 Å². The standard InChI is InChI=1S/C27H27ClN2O5S/c1-6-34-21-13-17(7-12-20(21)33-5)14-22-25(31)30-24(18-8-10-19(28)11-9-18)23(26(32)35-15(2)3)16(4)29-27(30)36-22/h7-15,24H,6H2,1-5H3. The highest BCUT2D eigenvalue weighted by atomic mass is 35.5. The highest BCUT2D eigenvalue weighted by Crippen LogP contribution is 2.32. The maximum atomic E-state index is 13.7. The fourth-order valence-electron chi connectivity index (χ4n) is 4.02. The molecule has 1 aliphatic rings. The lowest BCUT2D eigenvalue weighted by Gasteiger charge is -2.25. The number of ether oxygens (including phenoxy) is 3. The van der Waals surface area contributed by atoms with Crippen LogP contribution < -0.4 is 24.4 Å². The molecule has 0 bridgehead atoms. The number of hydrogen-bond donors (Lipinski definition) is 0. The molecule has 36 heavy (non-hydrogen) atoms. The Balaban J connectivity index is 1.90. The molecule has 0 spiro atoms. The van der Waals surface area contributed by atoms with E-state index in [1.165, 1.54) is 11.3 Å². The minimum atomic E-state index is -0.693. The fraction of sp³-hybridized carbons (Fsp3) is 0.296. The van der Waals surface area contributed by atoms with Crippen LogP contribution in [0.5, 0.6) is 11.5 Å². The summed E-state index contributed by atoms with van der Waals surface area (Å²) in [5.74, 6) is 0.703. The van der Waals surface area contributed by atoms with E-state index in [9.17, 15) is 9.59 Å². The summed E-state index contributed by atoms with van der Waals surface area (Å²) in [7, 11) is 1.58. The largest absolute Gasteiger partial charge is 0.493 e. The Morgan fingerprint density at radius 2 is 1.92 bits per heavy atom. The Hall–Kier alpha value is -3.36. The number of benzene rings is 2. The lowest BCUT2D eigenvalue weighted by molar-refractivity contribution is -0.143. The van der Waals surface area contributed by atoms with E-state index in [4.69, 9.17) is 25.8 Å². The Labute approximate surface area is 217 Å². The van der Waals surface area contributed by atoms with Crippen LogP contribution in [0.25, 0.3) is 6.08 Å². The van der Waals surface area contributed by atoms with Crippen molar-refractivity contribution >= 4 is 35.0 Å². The second kappa shape index (κ2) is 10.7. The lowest BCUT2D eigenvalue weighted by atomic mass is 9.96. The molecule has 7 nitrogen and oxygen atoms in total. The molecule has 9 heteroatoms. The van der Waals surface area contributed by atoms with E-state index in [0.29, 0.717) is 43.7 Å². The summed E-state index contributed by atoms with van der Waals surface area (Å²) in [5.41, 5.74) is 2.10. The van der Waals surface area contributed by atoms with Crippen LogP contribution in [0.15, 0.2) is 63.5 Å². The van der Waals surface area contributed by atoms with Crippen molar-refractivity contribution in [2.75, 3.05) is 13.7 Å². The van der Waals surface area contributed by atoms with Gasteiger partial charge in [0.25, 0.3) is 5.56 Å². The fourth-order valence-corrected chi connectivity index (χ4v) is 5.20. The van der Waals surface area contributed by atoms with Gasteiger partial charge in [0, 0.05) is 5.02 Å². The maximum absolute atomic E-state index is 13.7. The second-order valence-electron chi connectivity index (χ2n) is 8.43. The van der Waals surface area contributed by atoms with E-state index in [1.807, 2.05) is 31.2 Å². The van der Waals surface area contributed by atoms with Gasteiger partial charge in [-0.1, -0.05) is 41.1 Å². The molecule has 2 heterocycles. The van der Waals surface area contributed by atoms with Gasteiger partial charge in [-0.15, -0.1) is 0 Å². The summed E-state index contributed by atoms with van der Waals surface area (Å²) in [4.78, 5) is 32.0. The lowest BCUT2D eigenvalue weighted by Crippen LogP contribution is -2.40. The van der Waals surface area contributed by atoms with Crippen LogP contribution in [-0.2, 0) is 9.53 Å². The molecule has 0 saturated carbocycles. The van der Waals surface area contributed by atoms with E-state index >= 15 is 0 Å². The van der Waals surface area contributed by atoms with E-state index < -0.39 is 12.0 Å². The molecule has 1 unspecified atom stereocenters. The highest BCUT2D eigenvalue weighted by Gasteiger charge is 2.33. The summed E-state index contributed by atoms with van der Waals surface area (Å²) in [5, 5.41) is 0.558. The summed E-state index contributed by atoms with van der Waals surface area (Å²) in [6.45, 7) is 7.70. The third-order valence-corrected chi connectivity index (χ3v) is 6.79. The number of methoxy groups -OCH3 is 1. The van der Waals surface area contributed by atoms with E-state index in [2.05, 4.69) is 4.99 Å². The summed E-state index contributed by atoms with van der Waals surface area (Å²) in [6, 6.07) is 11.9. The molecule has 4 rings (SSSR count). The van der Waals surface area contributed by atoms with Gasteiger partial charge in [0.15, 0.2) is 16.3 Å². The van der Waals surface area contributed by atoms with Crippen molar-refractivity contribution in [3.05, 3.63) is 89.6 Å². The van der Waals surface area contributed by atoms with Crippen LogP contribution in [-0.4, -0.2) is 30.4 Å². The monoisotopic (exact) mass is 526 g/mol. The molecule has 0 fully saturated rings. The van der Waals surface area contributed by atoms with Crippen molar-refractivity contribution < 1.29 is 19.0 Å². The van der Waals surface area contributed by atoms with Crippen LogP contribution in [0, 0.1) is 0 Å². The third-order valence-electron chi connectivity index (χ3n) is 5.56. The Morgan fingerprint density at radius 1 is 1.19 bits per heavy atom. The number of carbonyl (C=O) groups excluding carboxylic acids is 1. The number of carbonyl (C=O) groups is 1. The molecule has 0 amide bonds. The van der Waals surface area contributed by atoms with Gasteiger partial charge in [0.05, 0.1) is 41.7 Å². The highest BCUT2D eigenvalue weighted by molar-refractivity contribution is 7.07. The normalized spacial score (nSPS) is 15.5. The quantitative estimate of drug-likeness (QED) is 0.430. The SMILES string of the molecule is CCOc1cc(C=c2sc3n(c2=O)C(c2ccc(Cl)cc2)C(C(=O)OC(C)C)=C(C)N=3)ccc1OC. The summed E-state index contributed by atoms with van der Waals surface area (Å²) in [6.07, 6.45) is 1.47. The van der Waals surface area contributed by atoms with Gasteiger partial charge in [-0.3, -0.25) is 9.36 Å². The molecule has 188 valence electrons. The molecule has 0 saturated heterocycles. The van der Waals surface area contributed by atoms with Gasteiger partial charge >= 0.3 is 5.97 Å². The van der Waals surface area contributed by atoms with Crippen LogP contribution in [0.3, 0.4) is 0 Å². The molecular formula is C27H27ClN2O5S.